The predicted molar refractivity (Wildman–Crippen MR) is 89.1 cm³/mol. The molecule has 0 aliphatic carbocycles. The van der Waals surface area contributed by atoms with Crippen molar-refractivity contribution in [3.63, 3.8) is 0 Å². The van der Waals surface area contributed by atoms with Crippen LogP contribution in [-0.2, 0) is 10.0 Å². The molecule has 22 heavy (non-hydrogen) atoms. The van der Waals surface area contributed by atoms with E-state index in [2.05, 4.69) is 15.9 Å². The maximum Gasteiger partial charge on any atom is 0.268 e. The summed E-state index contributed by atoms with van der Waals surface area (Å²) in [6.45, 7) is 0. The van der Waals surface area contributed by atoms with E-state index < -0.39 is 10.0 Å². The van der Waals surface area contributed by atoms with Gasteiger partial charge < -0.3 is 0 Å². The Labute approximate surface area is 136 Å². The number of hydrogen-bond acceptors (Lipinski definition) is 3. The average Bonchev–Trinajstić information content (AvgIpc) is 2.98. The van der Waals surface area contributed by atoms with Crippen LogP contribution in [0.4, 0.5) is 0 Å². The van der Waals surface area contributed by atoms with Gasteiger partial charge in [-0.1, -0.05) is 34.1 Å². The van der Waals surface area contributed by atoms with Crippen LogP contribution in [0.2, 0.25) is 0 Å². The molecule has 0 radical (unpaired) electrons. The van der Waals surface area contributed by atoms with E-state index in [0.717, 1.165) is 0 Å². The number of benzene rings is 2. The summed E-state index contributed by atoms with van der Waals surface area (Å²) in [4.78, 5) is 11.9. The van der Waals surface area contributed by atoms with E-state index >= 15 is 0 Å². The molecule has 0 saturated carbocycles. The summed E-state index contributed by atoms with van der Waals surface area (Å²) in [5, 5.41) is 0.952. The quantitative estimate of drug-likeness (QED) is 0.516. The number of halogens is 1. The average molecular weight is 378 g/mol. The molecule has 112 valence electrons. The van der Waals surface area contributed by atoms with Gasteiger partial charge in [0.15, 0.2) is 5.78 Å². The zero-order chi connectivity index (χ0) is 15.7. The molecule has 3 aromatic rings. The Bertz CT molecular complexity index is 946. The number of carbonyl (C=O) groups is 1. The number of aromatic nitrogens is 1. The Morgan fingerprint density at radius 1 is 1.05 bits per heavy atom. The fourth-order valence-electron chi connectivity index (χ4n) is 2.28. The topological polar surface area (TPSA) is 56.1 Å². The molecule has 0 atom stereocenters. The lowest BCUT2D eigenvalue weighted by Crippen LogP contribution is -2.11. The summed E-state index contributed by atoms with van der Waals surface area (Å²) in [7, 11) is -3.64. The Morgan fingerprint density at radius 3 is 2.45 bits per heavy atom. The minimum absolute atomic E-state index is 0.0411. The summed E-state index contributed by atoms with van der Waals surface area (Å²) in [5.74, 6) is -0.0411. The molecule has 0 bridgehead atoms. The minimum atomic E-state index is -3.64. The zero-order valence-electron chi connectivity index (χ0n) is 11.4. The maximum atomic E-state index is 12.7. The first-order valence-electron chi connectivity index (χ1n) is 6.55. The van der Waals surface area contributed by atoms with Gasteiger partial charge in [-0.15, -0.1) is 0 Å². The van der Waals surface area contributed by atoms with Gasteiger partial charge in [0.1, 0.15) is 0 Å². The van der Waals surface area contributed by atoms with Crippen LogP contribution < -0.4 is 0 Å². The van der Waals surface area contributed by atoms with Crippen molar-refractivity contribution >= 4 is 42.6 Å². The SMILES string of the molecule is O=C(CBr)c1ccc2c(ccn2S(=O)(=O)c2ccccc2)c1. The van der Waals surface area contributed by atoms with Crippen LogP contribution >= 0.6 is 15.9 Å². The molecule has 1 aromatic heterocycles. The molecule has 0 amide bonds. The lowest BCUT2D eigenvalue weighted by atomic mass is 10.1. The highest BCUT2D eigenvalue weighted by Crippen LogP contribution is 2.23. The molecule has 3 rings (SSSR count). The number of hydrogen-bond donors (Lipinski definition) is 0. The lowest BCUT2D eigenvalue weighted by Gasteiger charge is -2.07. The first kappa shape index (κ1) is 15.0. The van der Waals surface area contributed by atoms with Gasteiger partial charge in [0.05, 0.1) is 15.7 Å². The van der Waals surface area contributed by atoms with E-state index in [-0.39, 0.29) is 16.0 Å². The van der Waals surface area contributed by atoms with Crippen LogP contribution in [0.25, 0.3) is 10.9 Å². The number of alkyl halides is 1. The molecule has 0 N–H and O–H groups in total. The molecular weight excluding hydrogens is 366 g/mol. The second-order valence-electron chi connectivity index (χ2n) is 4.76. The first-order chi connectivity index (χ1) is 10.5. The molecule has 0 fully saturated rings. The highest BCUT2D eigenvalue weighted by atomic mass is 79.9. The maximum absolute atomic E-state index is 12.7. The van der Waals surface area contributed by atoms with Gasteiger partial charge in [-0.25, -0.2) is 12.4 Å². The number of carbonyl (C=O) groups excluding carboxylic acids is 1. The Balaban J connectivity index is 2.15. The second kappa shape index (κ2) is 5.70. The van der Waals surface area contributed by atoms with Crippen LogP contribution in [0.5, 0.6) is 0 Å². The van der Waals surface area contributed by atoms with Gasteiger partial charge in [-0.3, -0.25) is 4.79 Å². The number of rotatable bonds is 4. The van der Waals surface area contributed by atoms with Gasteiger partial charge in [-0.2, -0.15) is 0 Å². The van der Waals surface area contributed by atoms with Crippen LogP contribution in [0.3, 0.4) is 0 Å². The molecule has 0 saturated heterocycles. The molecule has 6 heteroatoms. The highest BCUT2D eigenvalue weighted by Gasteiger charge is 2.18. The van der Waals surface area contributed by atoms with Gasteiger partial charge in [0.2, 0.25) is 0 Å². The molecule has 0 spiro atoms. The number of nitrogens with zero attached hydrogens (tertiary/aromatic N) is 1. The van der Waals surface area contributed by atoms with Crippen LogP contribution in [0.15, 0.2) is 65.7 Å². The molecule has 4 nitrogen and oxygen atoms in total. The van der Waals surface area contributed by atoms with Gasteiger partial charge in [0, 0.05) is 17.1 Å². The van der Waals surface area contributed by atoms with Gasteiger partial charge in [-0.05, 0) is 36.4 Å². The van der Waals surface area contributed by atoms with Crippen molar-refractivity contribution in [1.29, 1.82) is 0 Å². The third-order valence-corrected chi connectivity index (χ3v) is 5.61. The van der Waals surface area contributed by atoms with Crippen molar-refractivity contribution in [2.45, 2.75) is 4.90 Å². The monoisotopic (exact) mass is 377 g/mol. The molecule has 2 aromatic carbocycles. The summed E-state index contributed by atoms with van der Waals surface area (Å²) in [5.41, 5.74) is 1.11. The molecular formula is C16H12BrNO3S. The van der Waals surface area contributed by atoms with Crippen molar-refractivity contribution < 1.29 is 13.2 Å². The fourth-order valence-corrected chi connectivity index (χ4v) is 3.98. The zero-order valence-corrected chi connectivity index (χ0v) is 13.8. The van der Waals surface area contributed by atoms with Crippen molar-refractivity contribution in [3.05, 3.63) is 66.4 Å². The Kier molecular flexibility index (Phi) is 3.88. The van der Waals surface area contributed by atoms with Crippen molar-refractivity contribution in [3.8, 4) is 0 Å². The van der Waals surface area contributed by atoms with E-state index in [1.807, 2.05) is 0 Å². The van der Waals surface area contributed by atoms with Crippen LogP contribution in [0, 0.1) is 0 Å². The van der Waals surface area contributed by atoms with Gasteiger partial charge >= 0.3 is 0 Å². The second-order valence-corrected chi connectivity index (χ2v) is 7.14. The smallest absolute Gasteiger partial charge is 0.268 e. The Morgan fingerprint density at radius 2 is 1.77 bits per heavy atom. The number of ketones is 1. The van der Waals surface area contributed by atoms with Crippen molar-refractivity contribution in [2.75, 3.05) is 5.33 Å². The fraction of sp³-hybridized carbons (Fsp3) is 0.0625. The normalized spacial score (nSPS) is 11.7. The van der Waals surface area contributed by atoms with Crippen LogP contribution in [-0.4, -0.2) is 23.5 Å². The third kappa shape index (κ3) is 2.48. The molecule has 0 unspecified atom stereocenters. The van der Waals surface area contributed by atoms with E-state index in [4.69, 9.17) is 0 Å². The van der Waals surface area contributed by atoms with E-state index in [1.165, 1.54) is 10.2 Å². The predicted octanol–water partition coefficient (Wildman–Crippen LogP) is 3.46. The standard InChI is InChI=1S/C16H12BrNO3S/c17-11-16(19)13-6-7-15-12(10-13)8-9-18(15)22(20,21)14-4-2-1-3-5-14/h1-10H,11H2. The third-order valence-electron chi connectivity index (χ3n) is 3.40. The largest absolute Gasteiger partial charge is 0.293 e. The summed E-state index contributed by atoms with van der Waals surface area (Å²) < 4.78 is 26.6. The molecule has 1 heterocycles. The Hall–Kier alpha value is -1.92. The molecule has 0 aliphatic rings. The van der Waals surface area contributed by atoms with Crippen molar-refractivity contribution in [2.24, 2.45) is 0 Å². The van der Waals surface area contributed by atoms with Crippen molar-refractivity contribution in [1.82, 2.24) is 3.97 Å². The van der Waals surface area contributed by atoms with E-state index in [9.17, 15) is 13.2 Å². The number of Topliss-reactive ketones (excluding diaryl/α,β-unsaturated/α-hetero) is 1. The van der Waals surface area contributed by atoms with E-state index in [0.29, 0.717) is 16.5 Å². The van der Waals surface area contributed by atoms with E-state index in [1.54, 1.807) is 54.6 Å². The summed E-state index contributed by atoms with van der Waals surface area (Å²) in [6.07, 6.45) is 1.51. The lowest BCUT2D eigenvalue weighted by molar-refractivity contribution is 0.102. The first-order valence-corrected chi connectivity index (χ1v) is 9.11. The number of fused-ring (bicyclic) bond motifs is 1. The highest BCUT2D eigenvalue weighted by molar-refractivity contribution is 9.09. The summed E-state index contributed by atoms with van der Waals surface area (Å²) >= 11 is 3.13. The summed E-state index contributed by atoms with van der Waals surface area (Å²) in [6, 6.07) is 15.0. The molecule has 0 aliphatic heterocycles. The van der Waals surface area contributed by atoms with Crippen LogP contribution in [0.1, 0.15) is 10.4 Å². The van der Waals surface area contributed by atoms with Gasteiger partial charge in [0.25, 0.3) is 10.0 Å². The minimum Gasteiger partial charge on any atom is -0.293 e.